The van der Waals surface area contributed by atoms with Crippen molar-refractivity contribution in [1.82, 2.24) is 9.80 Å². The van der Waals surface area contributed by atoms with Crippen LogP contribution < -0.4 is 0 Å². The van der Waals surface area contributed by atoms with Crippen molar-refractivity contribution < 1.29 is 4.79 Å². The fourth-order valence-electron chi connectivity index (χ4n) is 2.24. The molecule has 3 rings (SSSR count). The normalized spacial score (nSPS) is 22.0. The highest BCUT2D eigenvalue weighted by molar-refractivity contribution is 9.10. The number of nitrogens with zero attached hydrogens (tertiary/aromatic N) is 3. The van der Waals surface area contributed by atoms with Crippen molar-refractivity contribution in [2.45, 2.75) is 0 Å². The Kier molecular flexibility index (Phi) is 4.47. The number of piperazine rings is 1. The van der Waals surface area contributed by atoms with E-state index in [4.69, 9.17) is 0 Å². The van der Waals surface area contributed by atoms with Crippen LogP contribution in [0, 0.1) is 0 Å². The molecule has 1 fully saturated rings. The quantitative estimate of drug-likeness (QED) is 0.716. The van der Waals surface area contributed by atoms with Crippen LogP contribution in [-0.4, -0.2) is 54.1 Å². The van der Waals surface area contributed by atoms with E-state index in [2.05, 4.69) is 37.8 Å². The third kappa shape index (κ3) is 3.56. The van der Waals surface area contributed by atoms with E-state index in [1.54, 1.807) is 0 Å². The summed E-state index contributed by atoms with van der Waals surface area (Å²) in [5, 5.41) is 0.844. The minimum atomic E-state index is -0.128. The van der Waals surface area contributed by atoms with Crippen molar-refractivity contribution in [2.75, 3.05) is 33.2 Å². The van der Waals surface area contributed by atoms with E-state index in [9.17, 15) is 4.79 Å². The molecule has 1 saturated heterocycles. The third-order valence-corrected chi connectivity index (χ3v) is 5.12. The van der Waals surface area contributed by atoms with E-state index >= 15 is 0 Å². The molecule has 0 aliphatic carbocycles. The molecule has 6 heteroatoms. The molecule has 0 saturated carbocycles. The predicted octanol–water partition coefficient (Wildman–Crippen LogP) is 2.67. The van der Waals surface area contributed by atoms with Crippen LogP contribution in [0.4, 0.5) is 0 Å². The summed E-state index contributed by atoms with van der Waals surface area (Å²) in [6, 6.07) is 7.91. The molecular formula is C15H16BrN3OS. The minimum absolute atomic E-state index is 0.128. The first kappa shape index (κ1) is 14.8. The molecule has 1 amide bonds. The zero-order valence-electron chi connectivity index (χ0n) is 11.8. The monoisotopic (exact) mass is 365 g/mol. The first-order valence-electron chi connectivity index (χ1n) is 6.83. The lowest BCUT2D eigenvalue weighted by atomic mass is 10.2. The van der Waals surface area contributed by atoms with Gasteiger partial charge in [0.15, 0.2) is 5.17 Å². The molecule has 0 unspecified atom stereocenters. The SMILES string of the molecule is CN1CCN(C2=NC(=O)C(=Cc3ccc(Br)cc3)S2)CC1. The number of hydrogen-bond acceptors (Lipinski definition) is 4. The second-order valence-electron chi connectivity index (χ2n) is 5.15. The number of aliphatic imine (C=N–C) groups is 1. The van der Waals surface area contributed by atoms with Crippen molar-refractivity contribution in [3.05, 3.63) is 39.2 Å². The molecule has 1 aromatic rings. The molecule has 1 aromatic carbocycles. The number of likely N-dealkylation sites (N-methyl/N-ethyl adjacent to an activating group) is 1. The van der Waals surface area contributed by atoms with Crippen LogP contribution in [-0.2, 0) is 4.79 Å². The number of rotatable bonds is 1. The number of amidine groups is 1. The van der Waals surface area contributed by atoms with Crippen molar-refractivity contribution >= 4 is 44.8 Å². The van der Waals surface area contributed by atoms with Crippen LogP contribution in [0.15, 0.2) is 38.6 Å². The van der Waals surface area contributed by atoms with Gasteiger partial charge in [0.25, 0.3) is 5.91 Å². The smallest absolute Gasteiger partial charge is 0.286 e. The molecule has 110 valence electrons. The van der Waals surface area contributed by atoms with E-state index < -0.39 is 0 Å². The number of carbonyl (C=O) groups excluding carboxylic acids is 1. The van der Waals surface area contributed by atoms with Crippen molar-refractivity contribution in [2.24, 2.45) is 4.99 Å². The second-order valence-corrected chi connectivity index (χ2v) is 7.08. The van der Waals surface area contributed by atoms with Gasteiger partial charge in [0.1, 0.15) is 0 Å². The highest BCUT2D eigenvalue weighted by atomic mass is 79.9. The van der Waals surface area contributed by atoms with Gasteiger partial charge in [-0.05, 0) is 42.6 Å². The maximum absolute atomic E-state index is 12.0. The predicted molar refractivity (Wildman–Crippen MR) is 91.2 cm³/mol. The highest BCUT2D eigenvalue weighted by Gasteiger charge is 2.27. The Morgan fingerprint density at radius 2 is 1.86 bits per heavy atom. The lowest BCUT2D eigenvalue weighted by Gasteiger charge is -2.32. The molecular weight excluding hydrogens is 350 g/mol. The van der Waals surface area contributed by atoms with Gasteiger partial charge in [0.05, 0.1) is 4.91 Å². The minimum Gasteiger partial charge on any atom is -0.348 e. The van der Waals surface area contributed by atoms with Gasteiger partial charge < -0.3 is 9.80 Å². The van der Waals surface area contributed by atoms with Crippen LogP contribution in [0.3, 0.4) is 0 Å². The largest absolute Gasteiger partial charge is 0.348 e. The maximum Gasteiger partial charge on any atom is 0.286 e. The van der Waals surface area contributed by atoms with E-state index in [0.29, 0.717) is 4.91 Å². The maximum atomic E-state index is 12.0. The molecule has 0 bridgehead atoms. The molecule has 4 nitrogen and oxygen atoms in total. The number of hydrogen-bond donors (Lipinski definition) is 0. The highest BCUT2D eigenvalue weighted by Crippen LogP contribution is 2.30. The average molecular weight is 366 g/mol. The van der Waals surface area contributed by atoms with Crippen LogP contribution in [0.2, 0.25) is 0 Å². The van der Waals surface area contributed by atoms with Crippen LogP contribution >= 0.6 is 27.7 Å². The van der Waals surface area contributed by atoms with Gasteiger partial charge in [0, 0.05) is 30.7 Å². The van der Waals surface area contributed by atoms with Crippen molar-refractivity contribution in [3.63, 3.8) is 0 Å². The molecule has 2 heterocycles. The van der Waals surface area contributed by atoms with Gasteiger partial charge in [-0.3, -0.25) is 4.79 Å². The zero-order chi connectivity index (χ0) is 14.8. The van der Waals surface area contributed by atoms with Crippen LogP contribution in [0.5, 0.6) is 0 Å². The van der Waals surface area contributed by atoms with Gasteiger partial charge >= 0.3 is 0 Å². The summed E-state index contributed by atoms with van der Waals surface area (Å²) in [7, 11) is 2.12. The van der Waals surface area contributed by atoms with E-state index in [1.165, 1.54) is 11.8 Å². The van der Waals surface area contributed by atoms with Crippen LogP contribution in [0.25, 0.3) is 6.08 Å². The van der Waals surface area contributed by atoms with Gasteiger partial charge in [0.2, 0.25) is 0 Å². The summed E-state index contributed by atoms with van der Waals surface area (Å²) in [5.41, 5.74) is 1.02. The number of benzene rings is 1. The Bertz CT molecular complexity index is 604. The second kappa shape index (κ2) is 6.34. The Balaban J connectivity index is 1.71. The summed E-state index contributed by atoms with van der Waals surface area (Å²) in [4.78, 5) is 21.4. The van der Waals surface area contributed by atoms with Gasteiger partial charge in [-0.25, -0.2) is 0 Å². The number of amides is 1. The molecule has 0 spiro atoms. The lowest BCUT2D eigenvalue weighted by molar-refractivity contribution is -0.113. The summed E-state index contributed by atoms with van der Waals surface area (Å²) in [6.45, 7) is 3.89. The first-order valence-corrected chi connectivity index (χ1v) is 8.44. The summed E-state index contributed by atoms with van der Waals surface area (Å²) in [6.07, 6.45) is 1.91. The number of thioether (sulfide) groups is 1. The summed E-state index contributed by atoms with van der Waals surface area (Å²) >= 11 is 4.89. The van der Waals surface area contributed by atoms with Crippen molar-refractivity contribution in [1.29, 1.82) is 0 Å². The summed E-state index contributed by atoms with van der Waals surface area (Å²) in [5.74, 6) is -0.128. The number of halogens is 1. The standard InChI is InChI=1S/C15H16BrN3OS/c1-18-6-8-19(9-7-18)15-17-14(20)13(21-15)10-11-2-4-12(16)5-3-11/h2-5,10H,6-9H2,1H3. The molecule has 0 radical (unpaired) electrons. The van der Waals surface area contributed by atoms with Gasteiger partial charge in [-0.2, -0.15) is 4.99 Å². The Morgan fingerprint density at radius 3 is 2.52 bits per heavy atom. The molecule has 2 aliphatic heterocycles. The van der Waals surface area contributed by atoms with Crippen LogP contribution in [0.1, 0.15) is 5.56 Å². The van der Waals surface area contributed by atoms with E-state index in [0.717, 1.165) is 41.4 Å². The van der Waals surface area contributed by atoms with E-state index in [1.807, 2.05) is 30.3 Å². The van der Waals surface area contributed by atoms with E-state index in [-0.39, 0.29) is 5.91 Å². The van der Waals surface area contributed by atoms with Gasteiger partial charge in [-0.1, -0.05) is 28.1 Å². The lowest BCUT2D eigenvalue weighted by Crippen LogP contribution is -2.46. The fourth-order valence-corrected chi connectivity index (χ4v) is 3.47. The van der Waals surface area contributed by atoms with Gasteiger partial charge in [-0.15, -0.1) is 0 Å². The fraction of sp³-hybridized carbons (Fsp3) is 0.333. The Hall–Kier alpha value is -1.11. The zero-order valence-corrected chi connectivity index (χ0v) is 14.2. The molecule has 0 aromatic heterocycles. The molecule has 2 aliphatic rings. The topological polar surface area (TPSA) is 35.9 Å². The number of carbonyl (C=O) groups is 1. The third-order valence-electron chi connectivity index (χ3n) is 3.55. The Morgan fingerprint density at radius 1 is 1.19 bits per heavy atom. The average Bonchev–Trinajstić information content (AvgIpc) is 2.83. The first-order chi connectivity index (χ1) is 10.1. The Labute approximate surface area is 137 Å². The molecule has 0 N–H and O–H groups in total. The summed E-state index contributed by atoms with van der Waals surface area (Å²) < 4.78 is 1.03. The molecule has 21 heavy (non-hydrogen) atoms. The van der Waals surface area contributed by atoms with Crippen molar-refractivity contribution in [3.8, 4) is 0 Å². The molecule has 0 atom stereocenters.